The van der Waals surface area contributed by atoms with Crippen LogP contribution in [0.25, 0.3) is 0 Å². The SMILES string of the molecule is COCCNCC(O)COCCCc1ccccc1. The van der Waals surface area contributed by atoms with Crippen molar-refractivity contribution in [2.75, 3.05) is 40.0 Å². The molecule has 1 rings (SSSR count). The fourth-order valence-corrected chi connectivity index (χ4v) is 1.74. The molecule has 0 fully saturated rings. The number of nitrogens with one attached hydrogen (secondary N) is 1. The maximum Gasteiger partial charge on any atom is 0.0897 e. The summed E-state index contributed by atoms with van der Waals surface area (Å²) in [5.74, 6) is 0. The number of hydrogen-bond donors (Lipinski definition) is 2. The highest BCUT2D eigenvalue weighted by Crippen LogP contribution is 2.02. The number of aliphatic hydroxyl groups is 1. The van der Waals surface area contributed by atoms with Gasteiger partial charge in [-0.1, -0.05) is 30.3 Å². The predicted octanol–water partition coefficient (Wildman–Crippen LogP) is 1.23. The van der Waals surface area contributed by atoms with E-state index < -0.39 is 6.10 Å². The van der Waals surface area contributed by atoms with Crippen molar-refractivity contribution in [2.24, 2.45) is 0 Å². The Labute approximate surface area is 115 Å². The molecule has 0 aliphatic heterocycles. The molecule has 0 radical (unpaired) electrons. The van der Waals surface area contributed by atoms with Gasteiger partial charge in [0, 0.05) is 26.8 Å². The lowest BCUT2D eigenvalue weighted by atomic mass is 10.1. The topological polar surface area (TPSA) is 50.7 Å². The van der Waals surface area contributed by atoms with Crippen LogP contribution in [0.3, 0.4) is 0 Å². The minimum atomic E-state index is -0.450. The number of methoxy groups -OCH3 is 1. The van der Waals surface area contributed by atoms with Gasteiger partial charge in [0.2, 0.25) is 0 Å². The van der Waals surface area contributed by atoms with Crippen LogP contribution in [-0.4, -0.2) is 51.2 Å². The zero-order valence-electron chi connectivity index (χ0n) is 11.7. The van der Waals surface area contributed by atoms with E-state index in [0.717, 1.165) is 19.4 Å². The van der Waals surface area contributed by atoms with Crippen LogP contribution in [0.15, 0.2) is 30.3 Å². The van der Waals surface area contributed by atoms with Gasteiger partial charge in [0.05, 0.1) is 19.3 Å². The lowest BCUT2D eigenvalue weighted by molar-refractivity contribution is 0.0355. The van der Waals surface area contributed by atoms with Gasteiger partial charge in [-0.25, -0.2) is 0 Å². The largest absolute Gasteiger partial charge is 0.389 e. The molecule has 0 bridgehead atoms. The van der Waals surface area contributed by atoms with Crippen molar-refractivity contribution >= 4 is 0 Å². The van der Waals surface area contributed by atoms with Crippen molar-refractivity contribution in [3.63, 3.8) is 0 Å². The van der Waals surface area contributed by atoms with Crippen LogP contribution in [0.2, 0.25) is 0 Å². The third kappa shape index (κ3) is 8.72. The third-order valence-corrected chi connectivity index (χ3v) is 2.77. The molecule has 0 saturated carbocycles. The molecule has 19 heavy (non-hydrogen) atoms. The Morgan fingerprint density at radius 3 is 2.74 bits per heavy atom. The van der Waals surface area contributed by atoms with Crippen LogP contribution in [-0.2, 0) is 15.9 Å². The van der Waals surface area contributed by atoms with Crippen LogP contribution in [0.1, 0.15) is 12.0 Å². The summed E-state index contributed by atoms with van der Waals surface area (Å²) in [6.45, 7) is 3.02. The predicted molar refractivity (Wildman–Crippen MR) is 76.3 cm³/mol. The number of benzene rings is 1. The normalized spacial score (nSPS) is 12.5. The molecular weight excluding hydrogens is 242 g/mol. The molecule has 1 aromatic rings. The highest BCUT2D eigenvalue weighted by atomic mass is 16.5. The molecule has 0 amide bonds. The molecule has 1 atom stereocenters. The summed E-state index contributed by atoms with van der Waals surface area (Å²) < 4.78 is 10.4. The average Bonchev–Trinajstić information content (AvgIpc) is 2.44. The van der Waals surface area contributed by atoms with Gasteiger partial charge < -0.3 is 19.9 Å². The summed E-state index contributed by atoms with van der Waals surface area (Å²) in [7, 11) is 1.66. The van der Waals surface area contributed by atoms with E-state index in [1.54, 1.807) is 7.11 Å². The minimum absolute atomic E-state index is 0.384. The Hall–Kier alpha value is -0.940. The molecule has 0 aliphatic carbocycles. The van der Waals surface area contributed by atoms with E-state index in [1.165, 1.54) is 5.56 Å². The van der Waals surface area contributed by atoms with Gasteiger partial charge in [0.25, 0.3) is 0 Å². The number of hydrogen-bond acceptors (Lipinski definition) is 4. The fourth-order valence-electron chi connectivity index (χ4n) is 1.74. The number of aliphatic hydroxyl groups excluding tert-OH is 1. The summed E-state index contributed by atoms with van der Waals surface area (Å²) in [6, 6.07) is 10.4. The zero-order chi connectivity index (χ0) is 13.8. The summed E-state index contributed by atoms with van der Waals surface area (Å²) >= 11 is 0. The monoisotopic (exact) mass is 267 g/mol. The zero-order valence-corrected chi connectivity index (χ0v) is 11.7. The molecule has 0 saturated heterocycles. The number of rotatable bonds is 11. The minimum Gasteiger partial charge on any atom is -0.389 e. The molecule has 0 aromatic heterocycles. The first-order valence-corrected chi connectivity index (χ1v) is 6.82. The summed E-state index contributed by atoms with van der Waals surface area (Å²) in [6.07, 6.45) is 1.55. The van der Waals surface area contributed by atoms with Gasteiger partial charge in [-0.3, -0.25) is 0 Å². The molecule has 0 aliphatic rings. The highest BCUT2D eigenvalue weighted by Gasteiger charge is 2.03. The Morgan fingerprint density at radius 1 is 1.21 bits per heavy atom. The molecule has 108 valence electrons. The maximum atomic E-state index is 9.64. The van der Waals surface area contributed by atoms with Crippen molar-refractivity contribution in [3.8, 4) is 0 Å². The van der Waals surface area contributed by atoms with E-state index in [1.807, 2.05) is 18.2 Å². The van der Waals surface area contributed by atoms with Gasteiger partial charge in [-0.05, 0) is 18.4 Å². The third-order valence-electron chi connectivity index (χ3n) is 2.77. The van der Waals surface area contributed by atoms with Crippen LogP contribution >= 0.6 is 0 Å². The number of aryl methyl sites for hydroxylation is 1. The smallest absolute Gasteiger partial charge is 0.0897 e. The molecular formula is C15H25NO3. The average molecular weight is 267 g/mol. The number of ether oxygens (including phenoxy) is 2. The van der Waals surface area contributed by atoms with Gasteiger partial charge in [-0.2, -0.15) is 0 Å². The Kier molecular flexibility index (Phi) is 9.27. The van der Waals surface area contributed by atoms with Gasteiger partial charge >= 0.3 is 0 Å². The maximum absolute atomic E-state index is 9.64. The first-order valence-electron chi connectivity index (χ1n) is 6.82. The molecule has 0 spiro atoms. The van der Waals surface area contributed by atoms with E-state index in [4.69, 9.17) is 9.47 Å². The molecule has 2 N–H and O–H groups in total. The quantitative estimate of drug-likeness (QED) is 0.592. The Bertz CT molecular complexity index is 306. The molecule has 4 nitrogen and oxygen atoms in total. The van der Waals surface area contributed by atoms with E-state index in [9.17, 15) is 5.11 Å². The first-order chi connectivity index (χ1) is 9.33. The summed E-state index contributed by atoms with van der Waals surface area (Å²) in [4.78, 5) is 0. The van der Waals surface area contributed by atoms with Crippen LogP contribution in [0, 0.1) is 0 Å². The van der Waals surface area contributed by atoms with Crippen molar-refractivity contribution in [1.82, 2.24) is 5.32 Å². The Balaban J connectivity index is 1.92. The van der Waals surface area contributed by atoms with Gasteiger partial charge in [0.15, 0.2) is 0 Å². The van der Waals surface area contributed by atoms with Crippen LogP contribution in [0.5, 0.6) is 0 Å². The molecule has 1 aromatic carbocycles. The lowest BCUT2D eigenvalue weighted by Gasteiger charge is -2.12. The standard InChI is InChI=1S/C15H25NO3/c1-18-11-9-16-12-15(17)13-19-10-5-8-14-6-3-2-4-7-14/h2-4,6-7,15-17H,5,8-13H2,1H3. The van der Waals surface area contributed by atoms with Crippen molar-refractivity contribution in [3.05, 3.63) is 35.9 Å². The van der Waals surface area contributed by atoms with E-state index in [2.05, 4.69) is 17.4 Å². The highest BCUT2D eigenvalue weighted by molar-refractivity contribution is 5.14. The first kappa shape index (κ1) is 16.1. The molecule has 4 heteroatoms. The second kappa shape index (κ2) is 10.9. The van der Waals surface area contributed by atoms with Crippen LogP contribution < -0.4 is 5.32 Å². The second-order valence-corrected chi connectivity index (χ2v) is 4.51. The van der Waals surface area contributed by atoms with E-state index >= 15 is 0 Å². The van der Waals surface area contributed by atoms with Crippen molar-refractivity contribution in [2.45, 2.75) is 18.9 Å². The van der Waals surface area contributed by atoms with E-state index in [0.29, 0.717) is 26.4 Å². The molecule has 0 heterocycles. The lowest BCUT2D eigenvalue weighted by Crippen LogP contribution is -2.32. The van der Waals surface area contributed by atoms with Gasteiger partial charge in [0.1, 0.15) is 0 Å². The molecule has 1 unspecified atom stereocenters. The van der Waals surface area contributed by atoms with Crippen molar-refractivity contribution in [1.29, 1.82) is 0 Å². The van der Waals surface area contributed by atoms with E-state index in [-0.39, 0.29) is 0 Å². The Morgan fingerprint density at radius 2 is 2.00 bits per heavy atom. The van der Waals surface area contributed by atoms with Crippen molar-refractivity contribution < 1.29 is 14.6 Å². The summed E-state index contributed by atoms with van der Waals surface area (Å²) in [5.41, 5.74) is 1.33. The van der Waals surface area contributed by atoms with Crippen LogP contribution in [0.4, 0.5) is 0 Å². The second-order valence-electron chi connectivity index (χ2n) is 4.51. The fraction of sp³-hybridized carbons (Fsp3) is 0.600. The summed E-state index contributed by atoms with van der Waals surface area (Å²) in [5, 5.41) is 12.7. The van der Waals surface area contributed by atoms with Gasteiger partial charge in [-0.15, -0.1) is 0 Å².